The molecule has 9 nitrogen and oxygen atoms in total. The molecular formula is C14H12N2Na2O7S3+2. The quantitative estimate of drug-likeness (QED) is 0.263. The summed E-state index contributed by atoms with van der Waals surface area (Å²) in [6.45, 7) is 1.34. The number of aromatic amines is 1. The average Bonchev–Trinajstić information content (AvgIpc) is 3.14. The molecule has 0 fully saturated rings. The zero-order valence-electron chi connectivity index (χ0n) is 15.1. The van der Waals surface area contributed by atoms with Crippen LogP contribution in [0.4, 0.5) is 0 Å². The third-order valence-electron chi connectivity index (χ3n) is 3.55. The first-order valence-corrected chi connectivity index (χ1v) is 10.7. The van der Waals surface area contributed by atoms with Gasteiger partial charge in [-0.3, -0.25) is 19.0 Å². The Balaban J connectivity index is 0.00000196. The number of nitrogens with one attached hydrogen (secondary N) is 1. The summed E-state index contributed by atoms with van der Waals surface area (Å²) in [5.41, 5.74) is -0.396. The molecule has 0 aliphatic carbocycles. The Morgan fingerprint density at radius 3 is 2.18 bits per heavy atom. The topological polar surface area (TPSA) is 147 Å². The van der Waals surface area contributed by atoms with Crippen molar-refractivity contribution in [3.05, 3.63) is 51.6 Å². The molecule has 138 valence electrons. The third-order valence-corrected chi connectivity index (χ3v) is 6.15. The fourth-order valence-corrected chi connectivity index (χ4v) is 4.60. The molecule has 0 spiro atoms. The zero-order chi connectivity index (χ0) is 19.3. The van der Waals surface area contributed by atoms with Gasteiger partial charge in [0.2, 0.25) is 0 Å². The predicted octanol–water partition coefficient (Wildman–Crippen LogP) is -4.30. The Morgan fingerprint density at radius 2 is 1.68 bits per heavy atom. The van der Waals surface area contributed by atoms with Crippen molar-refractivity contribution in [2.45, 2.75) is 16.7 Å². The van der Waals surface area contributed by atoms with E-state index in [-0.39, 0.29) is 70.4 Å². The van der Waals surface area contributed by atoms with Crippen molar-refractivity contribution in [3.8, 4) is 16.3 Å². The fourth-order valence-electron chi connectivity index (χ4n) is 2.47. The monoisotopic (exact) mass is 462 g/mol. The molecule has 0 aliphatic heterocycles. The van der Waals surface area contributed by atoms with E-state index in [4.69, 9.17) is 4.55 Å². The summed E-state index contributed by atoms with van der Waals surface area (Å²) < 4.78 is 65.8. The van der Waals surface area contributed by atoms with Crippen molar-refractivity contribution in [2.75, 3.05) is 0 Å². The molecule has 0 saturated heterocycles. The van der Waals surface area contributed by atoms with Crippen molar-refractivity contribution < 1.29 is 85.1 Å². The van der Waals surface area contributed by atoms with Gasteiger partial charge in [0.25, 0.3) is 25.8 Å². The molecule has 3 N–H and O–H groups in total. The van der Waals surface area contributed by atoms with E-state index < -0.39 is 35.6 Å². The van der Waals surface area contributed by atoms with Gasteiger partial charge in [-0.2, -0.15) is 16.8 Å². The second kappa shape index (κ2) is 9.27. The van der Waals surface area contributed by atoms with Crippen LogP contribution in [0.3, 0.4) is 0 Å². The molecule has 28 heavy (non-hydrogen) atoms. The summed E-state index contributed by atoms with van der Waals surface area (Å²) in [5.74, 6) is 0. The Morgan fingerprint density at radius 1 is 1.04 bits per heavy atom. The van der Waals surface area contributed by atoms with Crippen LogP contribution in [0.1, 0.15) is 5.56 Å². The van der Waals surface area contributed by atoms with Gasteiger partial charge in [0, 0.05) is 6.07 Å². The molecule has 14 heteroatoms. The number of H-pyrrole nitrogens is 1. The van der Waals surface area contributed by atoms with Crippen LogP contribution >= 0.6 is 11.3 Å². The van der Waals surface area contributed by atoms with Crippen LogP contribution in [0.2, 0.25) is 0 Å². The van der Waals surface area contributed by atoms with Crippen LogP contribution < -0.4 is 64.7 Å². The van der Waals surface area contributed by atoms with Gasteiger partial charge in [0.15, 0.2) is 0 Å². The minimum atomic E-state index is -4.90. The van der Waals surface area contributed by atoms with Crippen LogP contribution in [0, 0.1) is 6.92 Å². The van der Waals surface area contributed by atoms with E-state index in [9.17, 15) is 26.2 Å². The maximum Gasteiger partial charge on any atom is 1.00 e. The minimum Gasteiger partial charge on any atom is -0.289 e. The van der Waals surface area contributed by atoms with Gasteiger partial charge in [-0.05, 0) is 36.1 Å². The number of rotatable bonds is 4. The number of nitrogens with zero attached hydrogens (tertiary/aromatic N) is 1. The first-order chi connectivity index (χ1) is 12.0. The molecule has 0 saturated carbocycles. The van der Waals surface area contributed by atoms with Crippen LogP contribution in [-0.2, 0) is 20.2 Å². The van der Waals surface area contributed by atoms with Gasteiger partial charge in [-0.25, -0.2) is 4.68 Å². The molecule has 3 rings (SSSR count). The van der Waals surface area contributed by atoms with Gasteiger partial charge >= 0.3 is 59.1 Å². The Labute approximate surface area is 208 Å². The third kappa shape index (κ3) is 5.26. The predicted molar refractivity (Wildman–Crippen MR) is 94.1 cm³/mol. The average molecular weight is 462 g/mol. The molecule has 1 aromatic carbocycles. The molecule has 0 unspecified atom stereocenters. The standard InChI is InChI=1S/C14H12N2O7S3.2Na/c1-8-5-9(25(18,19)20)6-12(26(21,22)23)14(8)16-13(17)7-10(15-16)11-3-2-4-24-11;;/h2-7,15H,1H3,(H,18,19,20)(H,21,22,23);;/q;2*+1. The van der Waals surface area contributed by atoms with Gasteiger partial charge in [0.1, 0.15) is 4.90 Å². The second-order valence-corrected chi connectivity index (χ2v) is 9.12. The molecule has 2 heterocycles. The number of hydrogen-bond donors (Lipinski definition) is 3. The van der Waals surface area contributed by atoms with E-state index in [1.165, 1.54) is 24.3 Å². The summed E-state index contributed by atoms with van der Waals surface area (Å²) in [7, 11) is -9.62. The Bertz CT molecular complexity index is 1260. The molecule has 0 radical (unpaired) electrons. The van der Waals surface area contributed by atoms with Crippen molar-refractivity contribution in [1.82, 2.24) is 9.78 Å². The van der Waals surface area contributed by atoms with Crippen LogP contribution in [0.25, 0.3) is 16.3 Å². The maximum absolute atomic E-state index is 12.3. The summed E-state index contributed by atoms with van der Waals surface area (Å²) in [6.07, 6.45) is 0. The van der Waals surface area contributed by atoms with Crippen LogP contribution in [0.5, 0.6) is 0 Å². The Hall–Kier alpha value is -0.250. The number of aryl methyl sites for hydroxylation is 1. The normalized spacial score (nSPS) is 11.5. The summed E-state index contributed by atoms with van der Waals surface area (Å²) in [4.78, 5) is 11.5. The largest absolute Gasteiger partial charge is 1.00 e. The SMILES string of the molecule is Cc1cc(S(=O)(=O)O)cc(S(=O)(=O)O)c1-n1[nH]c(-c2cccs2)cc1=O.[Na+].[Na+]. The smallest absolute Gasteiger partial charge is 0.289 e. The number of aromatic nitrogens is 2. The van der Waals surface area contributed by atoms with Crippen LogP contribution in [-0.4, -0.2) is 35.7 Å². The fraction of sp³-hybridized carbons (Fsp3) is 0.0714. The minimum absolute atomic E-state index is 0. The maximum atomic E-state index is 12.3. The van der Waals surface area contributed by atoms with E-state index in [0.29, 0.717) is 11.8 Å². The van der Waals surface area contributed by atoms with E-state index in [1.54, 1.807) is 17.5 Å². The van der Waals surface area contributed by atoms with Crippen molar-refractivity contribution in [3.63, 3.8) is 0 Å². The van der Waals surface area contributed by atoms with Gasteiger partial charge in [-0.1, -0.05) is 6.07 Å². The summed E-state index contributed by atoms with van der Waals surface area (Å²) in [5, 5.41) is 4.53. The number of benzene rings is 1. The van der Waals surface area contributed by atoms with Crippen LogP contribution in [0.15, 0.2) is 50.3 Å². The van der Waals surface area contributed by atoms with E-state index in [2.05, 4.69) is 5.10 Å². The summed E-state index contributed by atoms with van der Waals surface area (Å²) in [6, 6.07) is 6.35. The van der Waals surface area contributed by atoms with E-state index in [1.807, 2.05) is 0 Å². The van der Waals surface area contributed by atoms with E-state index >= 15 is 0 Å². The molecule has 3 aromatic rings. The summed E-state index contributed by atoms with van der Waals surface area (Å²) >= 11 is 1.35. The molecule has 0 amide bonds. The van der Waals surface area contributed by atoms with Crippen molar-refractivity contribution >= 4 is 31.6 Å². The molecule has 0 aliphatic rings. The van der Waals surface area contributed by atoms with Gasteiger partial charge in [-0.15, -0.1) is 11.3 Å². The van der Waals surface area contributed by atoms with Gasteiger partial charge < -0.3 is 0 Å². The molecule has 0 atom stereocenters. The van der Waals surface area contributed by atoms with E-state index in [0.717, 1.165) is 15.6 Å². The molecule has 2 aromatic heterocycles. The van der Waals surface area contributed by atoms with Gasteiger partial charge in [0.05, 0.1) is 21.2 Å². The molecule has 0 bridgehead atoms. The molecular weight excluding hydrogens is 450 g/mol. The first kappa shape index (κ1) is 25.8. The zero-order valence-corrected chi connectivity index (χ0v) is 21.5. The Kier molecular flexibility index (Phi) is 8.53. The second-order valence-electron chi connectivity index (χ2n) is 5.36. The van der Waals surface area contributed by atoms with Crippen molar-refractivity contribution in [2.24, 2.45) is 0 Å². The van der Waals surface area contributed by atoms with Crippen molar-refractivity contribution in [1.29, 1.82) is 0 Å². The first-order valence-electron chi connectivity index (χ1n) is 6.94. The number of hydrogen-bond acceptors (Lipinski definition) is 6. The number of thiophene rings is 1.